The summed E-state index contributed by atoms with van der Waals surface area (Å²) in [5.74, 6) is -0.444. The maximum Gasteiger partial charge on any atom is 0.303 e. The first-order valence-corrected chi connectivity index (χ1v) is 10.1. The third-order valence-electron chi connectivity index (χ3n) is 5.23. The van der Waals surface area contributed by atoms with E-state index < -0.39 is 11.9 Å². The Bertz CT molecular complexity index is 957. The summed E-state index contributed by atoms with van der Waals surface area (Å²) in [6, 6.07) is 16.9. The van der Waals surface area contributed by atoms with Crippen molar-refractivity contribution in [2.75, 3.05) is 0 Å². The molecule has 6 heteroatoms. The van der Waals surface area contributed by atoms with E-state index in [2.05, 4.69) is 10.3 Å². The van der Waals surface area contributed by atoms with Crippen LogP contribution in [0.1, 0.15) is 55.6 Å². The summed E-state index contributed by atoms with van der Waals surface area (Å²) in [7, 11) is 0. The summed E-state index contributed by atoms with van der Waals surface area (Å²) in [6.45, 7) is 1.37. The van der Waals surface area contributed by atoms with Crippen LogP contribution >= 0.6 is 0 Å². The van der Waals surface area contributed by atoms with Gasteiger partial charge in [0.2, 0.25) is 0 Å². The van der Waals surface area contributed by atoms with Crippen LogP contribution in [0.4, 0.5) is 0 Å². The highest BCUT2D eigenvalue weighted by Crippen LogP contribution is 2.35. The lowest BCUT2D eigenvalue weighted by Crippen LogP contribution is -2.33. The van der Waals surface area contributed by atoms with Crippen LogP contribution in [-0.2, 0) is 20.9 Å². The molecule has 0 spiro atoms. The summed E-state index contributed by atoms with van der Waals surface area (Å²) < 4.78 is 4.95. The van der Waals surface area contributed by atoms with Gasteiger partial charge in [0.1, 0.15) is 18.2 Å². The molecule has 0 saturated heterocycles. The molecule has 0 bridgehead atoms. The lowest BCUT2D eigenvalue weighted by molar-refractivity contribution is -0.142. The van der Waals surface area contributed by atoms with Crippen molar-refractivity contribution in [1.29, 1.82) is 5.26 Å². The highest BCUT2D eigenvalue weighted by atomic mass is 16.5. The van der Waals surface area contributed by atoms with Crippen molar-refractivity contribution in [3.05, 3.63) is 71.1 Å². The number of ether oxygens (including phenoxy) is 1. The van der Waals surface area contributed by atoms with Gasteiger partial charge in [0.05, 0.1) is 17.4 Å². The number of nitrogens with zero attached hydrogens (tertiary/aromatic N) is 2. The number of carbonyl (C=O) groups excluding carboxylic acids is 2. The largest absolute Gasteiger partial charge is 0.459 e. The molecule has 1 atom stereocenters. The molecule has 6 nitrogen and oxygen atoms in total. The molecule has 154 valence electrons. The number of benzene rings is 1. The van der Waals surface area contributed by atoms with Gasteiger partial charge in [-0.1, -0.05) is 49.2 Å². The van der Waals surface area contributed by atoms with Crippen LogP contribution in [0.5, 0.6) is 0 Å². The number of nitrogens with one attached hydrogen (secondary N) is 1. The molecule has 30 heavy (non-hydrogen) atoms. The second-order valence-electron chi connectivity index (χ2n) is 7.41. The predicted octanol–water partition coefficient (Wildman–Crippen LogP) is 4.10. The van der Waals surface area contributed by atoms with Gasteiger partial charge in [0, 0.05) is 6.92 Å². The first-order valence-electron chi connectivity index (χ1n) is 10.1. The third-order valence-corrected chi connectivity index (χ3v) is 5.23. The van der Waals surface area contributed by atoms with Crippen LogP contribution < -0.4 is 5.32 Å². The Morgan fingerprint density at radius 3 is 2.60 bits per heavy atom. The average Bonchev–Trinajstić information content (AvgIpc) is 3.29. The lowest BCUT2D eigenvalue weighted by Gasteiger charge is -2.25. The van der Waals surface area contributed by atoms with Crippen molar-refractivity contribution in [2.24, 2.45) is 5.92 Å². The molecule has 1 aliphatic rings. The maximum atomic E-state index is 12.9. The quantitative estimate of drug-likeness (QED) is 0.427. The molecule has 1 aliphatic carbocycles. The molecule has 1 amide bonds. The van der Waals surface area contributed by atoms with Gasteiger partial charge >= 0.3 is 5.97 Å². The molecular weight excluding hydrogens is 378 g/mol. The van der Waals surface area contributed by atoms with E-state index in [1.54, 1.807) is 18.2 Å². The van der Waals surface area contributed by atoms with E-state index in [-0.39, 0.29) is 18.2 Å². The van der Waals surface area contributed by atoms with Gasteiger partial charge in [-0.3, -0.25) is 9.59 Å². The number of nitriles is 1. The number of carbonyl (C=O) groups is 2. The Balaban J connectivity index is 1.78. The van der Waals surface area contributed by atoms with Gasteiger partial charge in [-0.2, -0.15) is 5.26 Å². The van der Waals surface area contributed by atoms with Crippen molar-refractivity contribution in [3.8, 4) is 6.07 Å². The van der Waals surface area contributed by atoms with E-state index in [9.17, 15) is 14.9 Å². The van der Waals surface area contributed by atoms with Crippen LogP contribution in [0.15, 0.2) is 54.1 Å². The summed E-state index contributed by atoms with van der Waals surface area (Å²) in [5, 5.41) is 12.7. The normalized spacial score (nSPS) is 15.3. The Labute approximate surface area is 176 Å². The summed E-state index contributed by atoms with van der Waals surface area (Å²) >= 11 is 0. The first-order chi connectivity index (χ1) is 14.6. The molecular formula is C24H25N3O3. The zero-order valence-electron chi connectivity index (χ0n) is 17.0. The predicted molar refractivity (Wildman–Crippen MR) is 113 cm³/mol. The smallest absolute Gasteiger partial charge is 0.303 e. The van der Waals surface area contributed by atoms with E-state index in [0.29, 0.717) is 17.3 Å². The van der Waals surface area contributed by atoms with Gasteiger partial charge in [-0.25, -0.2) is 4.98 Å². The molecule has 0 unspecified atom stereocenters. The zero-order valence-corrected chi connectivity index (χ0v) is 17.0. The van der Waals surface area contributed by atoms with Crippen LogP contribution in [0.2, 0.25) is 0 Å². The van der Waals surface area contributed by atoms with E-state index in [4.69, 9.17) is 4.74 Å². The van der Waals surface area contributed by atoms with Crippen LogP contribution in [0, 0.1) is 17.2 Å². The van der Waals surface area contributed by atoms with Crippen LogP contribution in [0.25, 0.3) is 6.08 Å². The van der Waals surface area contributed by atoms with Gasteiger partial charge in [-0.15, -0.1) is 0 Å². The van der Waals surface area contributed by atoms with E-state index in [1.807, 2.05) is 36.4 Å². The molecule has 1 aromatic heterocycles. The Kier molecular flexibility index (Phi) is 7.34. The molecule has 0 aliphatic heterocycles. The van der Waals surface area contributed by atoms with E-state index in [1.165, 1.54) is 13.0 Å². The zero-order chi connectivity index (χ0) is 21.3. The van der Waals surface area contributed by atoms with Crippen LogP contribution in [0.3, 0.4) is 0 Å². The Morgan fingerprint density at radius 2 is 1.93 bits per heavy atom. The van der Waals surface area contributed by atoms with Crippen molar-refractivity contribution in [1.82, 2.24) is 10.3 Å². The second kappa shape index (κ2) is 10.4. The number of rotatable bonds is 7. The number of aromatic nitrogens is 1. The Morgan fingerprint density at radius 1 is 1.20 bits per heavy atom. The minimum Gasteiger partial charge on any atom is -0.459 e. The fourth-order valence-corrected chi connectivity index (χ4v) is 3.77. The topological polar surface area (TPSA) is 92.1 Å². The number of amides is 1. The SMILES string of the molecule is CC(=O)OCc1cccc(/C=C(\C#N)C(=O)N[C@H](c2ccccc2)C2CCCC2)n1. The Hall–Kier alpha value is -3.46. The monoisotopic (exact) mass is 403 g/mol. The highest BCUT2D eigenvalue weighted by molar-refractivity contribution is 6.01. The van der Waals surface area contributed by atoms with Gasteiger partial charge in [-0.05, 0) is 42.5 Å². The summed E-state index contributed by atoms with van der Waals surface area (Å²) in [4.78, 5) is 28.3. The van der Waals surface area contributed by atoms with Gasteiger partial charge in [0.25, 0.3) is 5.91 Å². The minimum absolute atomic E-state index is 0.00827. The maximum absolute atomic E-state index is 12.9. The molecule has 1 heterocycles. The van der Waals surface area contributed by atoms with Gasteiger partial charge < -0.3 is 10.1 Å². The molecule has 1 fully saturated rings. The van der Waals surface area contributed by atoms with Crippen LogP contribution in [-0.4, -0.2) is 16.9 Å². The van der Waals surface area contributed by atoms with E-state index in [0.717, 1.165) is 31.2 Å². The average molecular weight is 403 g/mol. The molecule has 2 aromatic rings. The fraction of sp³-hybridized carbons (Fsp3) is 0.333. The minimum atomic E-state index is -0.412. The van der Waals surface area contributed by atoms with E-state index >= 15 is 0 Å². The summed E-state index contributed by atoms with van der Waals surface area (Å²) in [6.07, 6.45) is 5.90. The fourth-order valence-electron chi connectivity index (χ4n) is 3.77. The number of hydrogen-bond donors (Lipinski definition) is 1. The molecule has 1 aromatic carbocycles. The number of hydrogen-bond acceptors (Lipinski definition) is 5. The number of pyridine rings is 1. The van der Waals surface area contributed by atoms with Crippen molar-refractivity contribution in [3.63, 3.8) is 0 Å². The lowest BCUT2D eigenvalue weighted by atomic mass is 9.91. The summed E-state index contributed by atoms with van der Waals surface area (Å²) in [5.41, 5.74) is 2.05. The third kappa shape index (κ3) is 5.77. The highest BCUT2D eigenvalue weighted by Gasteiger charge is 2.28. The van der Waals surface area contributed by atoms with Crippen molar-refractivity contribution >= 4 is 18.0 Å². The molecule has 0 radical (unpaired) electrons. The molecule has 1 N–H and O–H groups in total. The molecule has 1 saturated carbocycles. The second-order valence-corrected chi connectivity index (χ2v) is 7.41. The van der Waals surface area contributed by atoms with Crippen molar-refractivity contribution in [2.45, 2.75) is 45.3 Å². The standard InChI is InChI=1S/C24H25N3O3/c1-17(28)30-16-22-13-7-12-21(26-22)14-20(15-25)24(29)27-23(19-10-5-6-11-19)18-8-3-2-4-9-18/h2-4,7-9,12-14,19,23H,5-6,10-11,16H2,1H3,(H,27,29)/b20-14+/t23-/m1/s1. The van der Waals surface area contributed by atoms with Crippen molar-refractivity contribution < 1.29 is 14.3 Å². The molecule has 3 rings (SSSR count). The first kappa shape index (κ1) is 21.3. The number of esters is 1. The van der Waals surface area contributed by atoms with Gasteiger partial charge in [0.15, 0.2) is 0 Å².